The van der Waals surface area contributed by atoms with Crippen LogP contribution in [0.5, 0.6) is 11.5 Å². The van der Waals surface area contributed by atoms with Gasteiger partial charge in [0.25, 0.3) is 5.91 Å². The zero-order valence-electron chi connectivity index (χ0n) is 16.3. The van der Waals surface area contributed by atoms with Crippen LogP contribution in [0.25, 0.3) is 0 Å². The molecule has 2 rings (SSSR count). The molecule has 0 aromatic heterocycles. The maximum Gasteiger partial charge on any atom is 0.262 e. The number of hydrogen-bond donors (Lipinski definition) is 2. The van der Waals surface area contributed by atoms with E-state index >= 15 is 0 Å². The Bertz CT molecular complexity index is 862. The minimum atomic E-state index is -3.55. The van der Waals surface area contributed by atoms with E-state index in [4.69, 9.17) is 9.47 Å². The Balaban J connectivity index is 1.86. The molecule has 0 aliphatic heterocycles. The first-order valence-corrected chi connectivity index (χ1v) is 10.5. The highest BCUT2D eigenvalue weighted by Gasteiger charge is 2.14. The first-order chi connectivity index (χ1) is 13.3. The molecule has 28 heavy (non-hydrogen) atoms. The van der Waals surface area contributed by atoms with E-state index in [2.05, 4.69) is 10.0 Å². The molecular weight excluding hydrogens is 380 g/mol. The summed E-state index contributed by atoms with van der Waals surface area (Å²) in [4.78, 5) is 12.2. The average Bonchev–Trinajstić information content (AvgIpc) is 2.67. The van der Waals surface area contributed by atoms with Crippen LogP contribution in [0.2, 0.25) is 0 Å². The van der Waals surface area contributed by atoms with Gasteiger partial charge in [0, 0.05) is 12.2 Å². The second-order valence-electron chi connectivity index (χ2n) is 6.51. The van der Waals surface area contributed by atoms with Crippen LogP contribution in [0.4, 0.5) is 5.69 Å². The Morgan fingerprint density at radius 3 is 2.11 bits per heavy atom. The van der Waals surface area contributed by atoms with E-state index in [-0.39, 0.29) is 23.3 Å². The van der Waals surface area contributed by atoms with E-state index in [1.165, 1.54) is 24.3 Å². The highest BCUT2D eigenvalue weighted by Crippen LogP contribution is 2.17. The highest BCUT2D eigenvalue weighted by atomic mass is 32.2. The van der Waals surface area contributed by atoms with Gasteiger partial charge >= 0.3 is 0 Å². The van der Waals surface area contributed by atoms with Crippen LogP contribution in [0, 0.1) is 5.92 Å². The Morgan fingerprint density at radius 1 is 0.964 bits per heavy atom. The van der Waals surface area contributed by atoms with Gasteiger partial charge in [0.15, 0.2) is 6.61 Å². The van der Waals surface area contributed by atoms with Gasteiger partial charge in [-0.25, -0.2) is 13.1 Å². The average molecular weight is 407 g/mol. The quantitative estimate of drug-likeness (QED) is 0.633. The number of nitrogens with one attached hydrogen (secondary N) is 2. The molecular formula is C20H26N2O5S. The van der Waals surface area contributed by atoms with Crippen LogP contribution >= 0.6 is 0 Å². The van der Waals surface area contributed by atoms with E-state index in [1.54, 1.807) is 24.3 Å². The molecule has 0 spiro atoms. The number of rotatable bonds is 10. The van der Waals surface area contributed by atoms with Crippen LogP contribution in [-0.2, 0) is 14.8 Å². The third kappa shape index (κ3) is 6.86. The first kappa shape index (κ1) is 21.7. The zero-order chi connectivity index (χ0) is 20.6. The molecule has 0 radical (unpaired) electrons. The van der Waals surface area contributed by atoms with Gasteiger partial charge in [-0.1, -0.05) is 13.8 Å². The van der Waals surface area contributed by atoms with Gasteiger partial charge < -0.3 is 14.8 Å². The molecule has 0 aliphatic carbocycles. The molecule has 0 unspecified atom stereocenters. The molecule has 1 amide bonds. The molecule has 2 aromatic rings. The molecule has 7 nitrogen and oxygen atoms in total. The fourth-order valence-electron chi connectivity index (χ4n) is 2.22. The lowest BCUT2D eigenvalue weighted by Crippen LogP contribution is -2.27. The number of sulfonamides is 1. The summed E-state index contributed by atoms with van der Waals surface area (Å²) in [5, 5.41) is 2.72. The van der Waals surface area contributed by atoms with Crippen molar-refractivity contribution in [3.05, 3.63) is 48.5 Å². The molecule has 152 valence electrons. The third-order valence-electron chi connectivity index (χ3n) is 3.63. The first-order valence-electron chi connectivity index (χ1n) is 9.05. The van der Waals surface area contributed by atoms with E-state index in [0.717, 1.165) is 5.75 Å². The predicted octanol–water partition coefficient (Wildman–Crippen LogP) is 3.04. The molecule has 0 heterocycles. The summed E-state index contributed by atoms with van der Waals surface area (Å²) in [5.41, 5.74) is 0.634. The highest BCUT2D eigenvalue weighted by molar-refractivity contribution is 7.89. The largest absolute Gasteiger partial charge is 0.494 e. The van der Waals surface area contributed by atoms with Gasteiger partial charge in [-0.05, 0) is 61.4 Å². The number of anilines is 1. The van der Waals surface area contributed by atoms with E-state index in [1.807, 2.05) is 20.8 Å². The summed E-state index contributed by atoms with van der Waals surface area (Å²) in [7, 11) is -3.55. The number of benzene rings is 2. The number of amides is 1. The summed E-state index contributed by atoms with van der Waals surface area (Å²) in [6.45, 7) is 6.51. The number of hydrogen-bond acceptors (Lipinski definition) is 5. The molecule has 0 saturated heterocycles. The van der Waals surface area contributed by atoms with Gasteiger partial charge in [0.05, 0.1) is 11.5 Å². The summed E-state index contributed by atoms with van der Waals surface area (Å²) in [6.07, 6.45) is 0. The lowest BCUT2D eigenvalue weighted by Gasteiger charge is -2.10. The molecule has 2 N–H and O–H groups in total. The molecule has 8 heteroatoms. The Hall–Kier alpha value is -2.58. The Kier molecular flexibility index (Phi) is 7.83. The zero-order valence-corrected chi connectivity index (χ0v) is 17.1. The predicted molar refractivity (Wildman–Crippen MR) is 108 cm³/mol. The van der Waals surface area contributed by atoms with Crippen molar-refractivity contribution in [3.8, 4) is 11.5 Å². The SMILES string of the molecule is CCOc1ccc(NC(=O)COc2ccc(S(=O)(=O)NCC(C)C)cc2)cc1. The third-order valence-corrected chi connectivity index (χ3v) is 5.07. The van der Waals surface area contributed by atoms with Gasteiger partial charge in [0.1, 0.15) is 11.5 Å². The monoisotopic (exact) mass is 406 g/mol. The van der Waals surface area contributed by atoms with Gasteiger partial charge in [-0.3, -0.25) is 4.79 Å². The lowest BCUT2D eigenvalue weighted by atomic mass is 10.2. The van der Waals surface area contributed by atoms with Gasteiger partial charge in [-0.2, -0.15) is 0 Å². The second-order valence-corrected chi connectivity index (χ2v) is 8.28. The van der Waals surface area contributed by atoms with E-state index in [9.17, 15) is 13.2 Å². The molecule has 0 aliphatic rings. The normalized spacial score (nSPS) is 11.3. The number of carbonyl (C=O) groups is 1. The molecule has 2 aromatic carbocycles. The second kappa shape index (κ2) is 10.1. The minimum Gasteiger partial charge on any atom is -0.494 e. The van der Waals surface area contributed by atoms with Crippen molar-refractivity contribution in [2.75, 3.05) is 25.1 Å². The van der Waals surface area contributed by atoms with Crippen LogP contribution in [0.3, 0.4) is 0 Å². The van der Waals surface area contributed by atoms with Gasteiger partial charge in [-0.15, -0.1) is 0 Å². The fourth-order valence-corrected chi connectivity index (χ4v) is 3.44. The fraction of sp³-hybridized carbons (Fsp3) is 0.350. The maximum absolute atomic E-state index is 12.2. The summed E-state index contributed by atoms with van der Waals surface area (Å²) in [6, 6.07) is 13.0. The van der Waals surface area contributed by atoms with Crippen molar-refractivity contribution in [1.29, 1.82) is 0 Å². The van der Waals surface area contributed by atoms with E-state index in [0.29, 0.717) is 24.6 Å². The van der Waals surface area contributed by atoms with Crippen LogP contribution in [0.1, 0.15) is 20.8 Å². The summed E-state index contributed by atoms with van der Waals surface area (Å²) < 4.78 is 37.6. The van der Waals surface area contributed by atoms with Crippen LogP contribution in [-0.4, -0.2) is 34.1 Å². The Morgan fingerprint density at radius 2 is 1.54 bits per heavy atom. The lowest BCUT2D eigenvalue weighted by molar-refractivity contribution is -0.118. The number of ether oxygens (including phenoxy) is 2. The summed E-state index contributed by atoms with van der Waals surface area (Å²) >= 11 is 0. The number of carbonyl (C=O) groups excluding carboxylic acids is 1. The van der Waals surface area contributed by atoms with Crippen molar-refractivity contribution in [3.63, 3.8) is 0 Å². The van der Waals surface area contributed by atoms with Crippen molar-refractivity contribution in [2.45, 2.75) is 25.7 Å². The minimum absolute atomic E-state index is 0.152. The standard InChI is InChI=1S/C20H26N2O5S/c1-4-26-17-7-5-16(6-8-17)22-20(23)14-27-18-9-11-19(12-10-18)28(24,25)21-13-15(2)3/h5-12,15,21H,4,13-14H2,1-3H3,(H,22,23). The van der Waals surface area contributed by atoms with Gasteiger partial charge in [0.2, 0.25) is 10.0 Å². The molecule has 0 bridgehead atoms. The molecule has 0 fully saturated rings. The van der Waals surface area contributed by atoms with Crippen molar-refractivity contribution in [2.24, 2.45) is 5.92 Å². The van der Waals surface area contributed by atoms with Crippen molar-refractivity contribution >= 4 is 21.6 Å². The van der Waals surface area contributed by atoms with Crippen molar-refractivity contribution in [1.82, 2.24) is 4.72 Å². The topological polar surface area (TPSA) is 93.7 Å². The van der Waals surface area contributed by atoms with Crippen LogP contribution in [0.15, 0.2) is 53.4 Å². The maximum atomic E-state index is 12.2. The van der Waals surface area contributed by atoms with Crippen LogP contribution < -0.4 is 19.5 Å². The Labute approximate surface area is 166 Å². The van der Waals surface area contributed by atoms with Crippen molar-refractivity contribution < 1.29 is 22.7 Å². The van der Waals surface area contributed by atoms with E-state index < -0.39 is 10.0 Å². The smallest absolute Gasteiger partial charge is 0.262 e. The summed E-state index contributed by atoms with van der Waals surface area (Å²) in [5.74, 6) is 1.03. The molecule has 0 saturated carbocycles. The molecule has 0 atom stereocenters.